The highest BCUT2D eigenvalue weighted by atomic mass is 16.6. The van der Waals surface area contributed by atoms with Gasteiger partial charge in [0, 0.05) is 35.0 Å². The fourth-order valence-corrected chi connectivity index (χ4v) is 3.38. The molecule has 0 amide bonds. The van der Waals surface area contributed by atoms with E-state index in [4.69, 9.17) is 9.47 Å². The summed E-state index contributed by atoms with van der Waals surface area (Å²) in [4.78, 5) is 14.8. The molecule has 0 fully saturated rings. The maximum atomic E-state index is 10.9. The van der Waals surface area contributed by atoms with E-state index >= 15 is 0 Å². The highest BCUT2D eigenvalue weighted by Gasteiger charge is 2.23. The van der Waals surface area contributed by atoms with Crippen LogP contribution in [0.15, 0.2) is 54.7 Å². The number of hydrogen-bond acceptors (Lipinski definition) is 5. The molecular formula is C25H26N2O4. The van der Waals surface area contributed by atoms with Crippen molar-refractivity contribution >= 4 is 17.8 Å². The van der Waals surface area contributed by atoms with E-state index in [1.165, 1.54) is 12.1 Å². The van der Waals surface area contributed by atoms with Crippen molar-refractivity contribution in [3.63, 3.8) is 0 Å². The summed E-state index contributed by atoms with van der Waals surface area (Å²) < 4.78 is 11.3. The molecule has 0 aliphatic heterocycles. The summed E-state index contributed by atoms with van der Waals surface area (Å²) in [5, 5.41) is 10.9. The van der Waals surface area contributed by atoms with Gasteiger partial charge in [0.25, 0.3) is 5.69 Å². The molecule has 0 N–H and O–H groups in total. The van der Waals surface area contributed by atoms with Crippen molar-refractivity contribution < 1.29 is 14.4 Å². The first kappa shape index (κ1) is 22.0. The van der Waals surface area contributed by atoms with Crippen molar-refractivity contribution in [1.82, 2.24) is 4.98 Å². The average molecular weight is 418 g/mol. The monoisotopic (exact) mass is 418 g/mol. The number of non-ortho nitro benzene ring substituents is 1. The topological polar surface area (TPSA) is 74.5 Å². The smallest absolute Gasteiger partial charge is 0.269 e. The molecule has 6 nitrogen and oxygen atoms in total. The van der Waals surface area contributed by atoms with Gasteiger partial charge in [0.05, 0.1) is 19.1 Å². The predicted octanol–water partition coefficient (Wildman–Crippen LogP) is 6.14. The van der Waals surface area contributed by atoms with Crippen molar-refractivity contribution in [2.45, 2.75) is 26.2 Å². The summed E-state index contributed by atoms with van der Waals surface area (Å²) in [5.41, 5.74) is 4.58. The van der Waals surface area contributed by atoms with Crippen LogP contribution in [0.2, 0.25) is 0 Å². The molecule has 0 atom stereocenters. The SMILES string of the molecule is COc1ncccc1-c1cc(/C=C/c2ccc([N+](=O)[O-])cc2)c(OC)c(C(C)(C)C)c1. The molecule has 31 heavy (non-hydrogen) atoms. The van der Waals surface area contributed by atoms with Gasteiger partial charge < -0.3 is 9.47 Å². The molecule has 6 heteroatoms. The summed E-state index contributed by atoms with van der Waals surface area (Å²) in [6.07, 6.45) is 5.58. The van der Waals surface area contributed by atoms with E-state index in [0.29, 0.717) is 5.88 Å². The quantitative estimate of drug-likeness (QED) is 0.273. The van der Waals surface area contributed by atoms with E-state index in [1.54, 1.807) is 32.5 Å². The molecule has 1 heterocycles. The Hall–Kier alpha value is -3.67. The lowest BCUT2D eigenvalue weighted by molar-refractivity contribution is -0.384. The van der Waals surface area contributed by atoms with Crippen LogP contribution in [0.3, 0.4) is 0 Å². The Morgan fingerprint density at radius 1 is 1.00 bits per heavy atom. The molecule has 3 rings (SSSR count). The second kappa shape index (κ2) is 9.00. The lowest BCUT2D eigenvalue weighted by atomic mass is 9.83. The van der Waals surface area contributed by atoms with E-state index in [-0.39, 0.29) is 11.1 Å². The van der Waals surface area contributed by atoms with Gasteiger partial charge in [0.1, 0.15) is 5.75 Å². The molecule has 0 bridgehead atoms. The van der Waals surface area contributed by atoms with Crippen molar-refractivity contribution in [3.8, 4) is 22.8 Å². The maximum Gasteiger partial charge on any atom is 0.269 e. The van der Waals surface area contributed by atoms with Gasteiger partial charge in [-0.25, -0.2) is 4.98 Å². The number of benzene rings is 2. The number of methoxy groups -OCH3 is 2. The van der Waals surface area contributed by atoms with E-state index in [9.17, 15) is 10.1 Å². The van der Waals surface area contributed by atoms with E-state index in [2.05, 4.69) is 31.8 Å². The number of nitro benzene ring substituents is 1. The van der Waals surface area contributed by atoms with Crippen LogP contribution < -0.4 is 9.47 Å². The Morgan fingerprint density at radius 3 is 2.29 bits per heavy atom. The maximum absolute atomic E-state index is 10.9. The fraction of sp³-hybridized carbons (Fsp3) is 0.240. The lowest BCUT2D eigenvalue weighted by Crippen LogP contribution is -2.14. The zero-order valence-electron chi connectivity index (χ0n) is 18.4. The molecule has 3 aromatic rings. The zero-order chi connectivity index (χ0) is 22.6. The van der Waals surface area contributed by atoms with Crippen LogP contribution >= 0.6 is 0 Å². The van der Waals surface area contributed by atoms with Gasteiger partial charge in [-0.1, -0.05) is 32.9 Å². The molecular weight excluding hydrogens is 392 g/mol. The van der Waals surface area contributed by atoms with Gasteiger partial charge in [0.2, 0.25) is 5.88 Å². The van der Waals surface area contributed by atoms with E-state index < -0.39 is 4.92 Å². The number of aromatic nitrogens is 1. The second-order valence-corrected chi connectivity index (χ2v) is 8.14. The minimum Gasteiger partial charge on any atom is -0.496 e. The van der Waals surface area contributed by atoms with Gasteiger partial charge in [-0.2, -0.15) is 0 Å². The Bertz CT molecular complexity index is 1110. The van der Waals surface area contributed by atoms with Crippen LogP contribution in [0.1, 0.15) is 37.5 Å². The van der Waals surface area contributed by atoms with Crippen LogP contribution in [0.4, 0.5) is 5.69 Å². The normalized spacial score (nSPS) is 11.5. The minimum absolute atomic E-state index is 0.0652. The number of pyridine rings is 1. The Morgan fingerprint density at radius 2 is 1.71 bits per heavy atom. The summed E-state index contributed by atoms with van der Waals surface area (Å²) in [6.45, 7) is 6.41. The minimum atomic E-state index is -0.406. The highest BCUT2D eigenvalue weighted by Crippen LogP contribution is 2.40. The third kappa shape index (κ3) is 4.91. The van der Waals surface area contributed by atoms with Crippen molar-refractivity contribution in [2.75, 3.05) is 14.2 Å². The first-order valence-corrected chi connectivity index (χ1v) is 9.89. The Kier molecular flexibility index (Phi) is 6.39. The van der Waals surface area contributed by atoms with Crippen LogP contribution in [0.5, 0.6) is 11.6 Å². The summed E-state index contributed by atoms with van der Waals surface area (Å²) in [5.74, 6) is 1.34. The van der Waals surface area contributed by atoms with Crippen LogP contribution in [0.25, 0.3) is 23.3 Å². The third-order valence-electron chi connectivity index (χ3n) is 4.96. The molecule has 0 spiro atoms. The van der Waals surface area contributed by atoms with Crippen LogP contribution in [-0.2, 0) is 5.41 Å². The largest absolute Gasteiger partial charge is 0.496 e. The van der Waals surface area contributed by atoms with Gasteiger partial charge >= 0.3 is 0 Å². The fourth-order valence-electron chi connectivity index (χ4n) is 3.38. The van der Waals surface area contributed by atoms with Crippen LogP contribution in [-0.4, -0.2) is 24.1 Å². The third-order valence-corrected chi connectivity index (χ3v) is 4.96. The summed E-state index contributed by atoms with van der Waals surface area (Å²) in [7, 11) is 3.27. The van der Waals surface area contributed by atoms with Gasteiger partial charge in [-0.3, -0.25) is 10.1 Å². The molecule has 0 saturated heterocycles. The van der Waals surface area contributed by atoms with Crippen molar-refractivity contribution in [2.24, 2.45) is 0 Å². The summed E-state index contributed by atoms with van der Waals surface area (Å²) in [6, 6.07) is 14.4. The Balaban J connectivity index is 2.14. The number of nitrogens with zero attached hydrogens (tertiary/aromatic N) is 2. The predicted molar refractivity (Wildman–Crippen MR) is 124 cm³/mol. The van der Waals surface area contributed by atoms with Gasteiger partial charge in [-0.05, 0) is 52.9 Å². The van der Waals surface area contributed by atoms with Gasteiger partial charge in [-0.15, -0.1) is 0 Å². The zero-order valence-corrected chi connectivity index (χ0v) is 18.4. The van der Waals surface area contributed by atoms with E-state index in [0.717, 1.165) is 33.6 Å². The first-order valence-electron chi connectivity index (χ1n) is 9.89. The lowest BCUT2D eigenvalue weighted by Gasteiger charge is -2.25. The molecule has 0 aliphatic rings. The average Bonchev–Trinajstić information content (AvgIpc) is 2.76. The molecule has 0 saturated carbocycles. The molecule has 160 valence electrons. The van der Waals surface area contributed by atoms with Crippen molar-refractivity contribution in [1.29, 1.82) is 0 Å². The molecule has 0 aliphatic carbocycles. The van der Waals surface area contributed by atoms with Gasteiger partial charge in [0.15, 0.2) is 0 Å². The van der Waals surface area contributed by atoms with E-state index in [1.807, 2.05) is 30.4 Å². The van der Waals surface area contributed by atoms with Crippen molar-refractivity contribution in [3.05, 3.63) is 81.5 Å². The number of ether oxygens (including phenoxy) is 2. The standard InChI is InChI=1S/C25H26N2O4/c1-25(2,3)22-16-19(21-7-6-14-26-24(21)31-5)15-18(23(22)30-4)11-8-17-9-12-20(13-10-17)27(28)29/h6-16H,1-5H3/b11-8+. The Labute approximate surface area is 182 Å². The number of hydrogen-bond donors (Lipinski definition) is 0. The van der Waals surface area contributed by atoms with Crippen LogP contribution in [0, 0.1) is 10.1 Å². The molecule has 2 aromatic carbocycles. The molecule has 1 aromatic heterocycles. The number of nitro groups is 1. The summed E-state index contributed by atoms with van der Waals surface area (Å²) >= 11 is 0. The molecule has 0 radical (unpaired) electrons. The molecule has 0 unspecified atom stereocenters. The number of rotatable bonds is 6. The highest BCUT2D eigenvalue weighted by molar-refractivity contribution is 5.80. The second-order valence-electron chi connectivity index (χ2n) is 8.14. The first-order chi connectivity index (χ1) is 14.7.